The molecule has 0 aromatic carbocycles. The highest BCUT2D eigenvalue weighted by Gasteiger charge is 2.52. The first-order chi connectivity index (χ1) is 6.12. The zero-order valence-electron chi connectivity index (χ0n) is 8.84. The fourth-order valence-corrected chi connectivity index (χ4v) is 2.78. The van der Waals surface area contributed by atoms with E-state index in [4.69, 9.17) is 5.73 Å². The minimum absolute atomic E-state index is 0.535. The molecular weight excluding hydrogens is 160 g/mol. The number of hydrogen-bond donors (Lipinski definition) is 2. The smallest absolute Gasteiger partial charge is 0.0102 e. The lowest BCUT2D eigenvalue weighted by Crippen LogP contribution is -2.38. The van der Waals surface area contributed by atoms with E-state index in [2.05, 4.69) is 19.2 Å². The summed E-state index contributed by atoms with van der Waals surface area (Å²) in [5.74, 6) is 0. The van der Waals surface area contributed by atoms with E-state index in [1.54, 1.807) is 0 Å². The first-order valence-corrected chi connectivity index (χ1v) is 5.64. The molecule has 0 radical (unpaired) electrons. The monoisotopic (exact) mass is 182 g/mol. The summed E-state index contributed by atoms with van der Waals surface area (Å²) in [6.07, 6.45) is 6.69. The predicted octanol–water partition coefficient (Wildman–Crippen LogP) is 1.64. The average molecular weight is 182 g/mol. The molecule has 13 heavy (non-hydrogen) atoms. The molecule has 2 saturated carbocycles. The summed E-state index contributed by atoms with van der Waals surface area (Å²) >= 11 is 0. The van der Waals surface area contributed by atoms with Crippen molar-refractivity contribution in [1.82, 2.24) is 5.32 Å². The maximum Gasteiger partial charge on any atom is 0.0102 e. The highest BCUT2D eigenvalue weighted by molar-refractivity contribution is 5.08. The van der Waals surface area contributed by atoms with Crippen LogP contribution >= 0.6 is 0 Å². The number of rotatable bonds is 2. The number of hydrogen-bond acceptors (Lipinski definition) is 2. The van der Waals surface area contributed by atoms with Crippen LogP contribution in [0.3, 0.4) is 0 Å². The van der Waals surface area contributed by atoms with Crippen molar-refractivity contribution < 1.29 is 0 Å². The molecule has 0 amide bonds. The lowest BCUT2D eigenvalue weighted by atomic mass is 9.82. The van der Waals surface area contributed by atoms with Gasteiger partial charge in [-0.2, -0.15) is 0 Å². The van der Waals surface area contributed by atoms with Gasteiger partial charge in [-0.3, -0.25) is 0 Å². The molecule has 0 bridgehead atoms. The zero-order chi connectivity index (χ0) is 9.47. The van der Waals surface area contributed by atoms with Gasteiger partial charge in [0.2, 0.25) is 0 Å². The van der Waals surface area contributed by atoms with Crippen LogP contribution in [0.15, 0.2) is 0 Å². The average Bonchev–Trinajstić information content (AvgIpc) is 2.67. The standard InChI is InChI=1S/C11H22N2/c1-8(2)13-9-3-5-11(6-4-9)7-10(11)12/h8-10,13H,3-7,12H2,1-2H3. The molecule has 2 heteroatoms. The summed E-state index contributed by atoms with van der Waals surface area (Å²) < 4.78 is 0. The third kappa shape index (κ3) is 1.89. The van der Waals surface area contributed by atoms with Gasteiger partial charge in [0, 0.05) is 18.1 Å². The Kier molecular flexibility index (Phi) is 2.37. The molecule has 1 atom stereocenters. The Morgan fingerprint density at radius 2 is 1.85 bits per heavy atom. The van der Waals surface area contributed by atoms with Crippen molar-refractivity contribution >= 4 is 0 Å². The molecule has 0 saturated heterocycles. The van der Waals surface area contributed by atoms with E-state index < -0.39 is 0 Å². The van der Waals surface area contributed by atoms with Gasteiger partial charge in [-0.15, -0.1) is 0 Å². The maximum absolute atomic E-state index is 5.96. The summed E-state index contributed by atoms with van der Waals surface area (Å²) in [4.78, 5) is 0. The van der Waals surface area contributed by atoms with Crippen LogP contribution in [0.25, 0.3) is 0 Å². The van der Waals surface area contributed by atoms with E-state index in [0.29, 0.717) is 17.5 Å². The van der Waals surface area contributed by atoms with Crippen LogP contribution < -0.4 is 11.1 Å². The van der Waals surface area contributed by atoms with Crippen LogP contribution in [0.5, 0.6) is 0 Å². The van der Waals surface area contributed by atoms with E-state index in [-0.39, 0.29) is 0 Å². The van der Waals surface area contributed by atoms with Crippen molar-refractivity contribution in [2.75, 3.05) is 0 Å². The summed E-state index contributed by atoms with van der Waals surface area (Å²) in [5.41, 5.74) is 6.55. The minimum atomic E-state index is 0.535. The summed E-state index contributed by atoms with van der Waals surface area (Å²) in [7, 11) is 0. The van der Waals surface area contributed by atoms with Crippen molar-refractivity contribution in [1.29, 1.82) is 0 Å². The fraction of sp³-hybridized carbons (Fsp3) is 1.00. The number of nitrogens with one attached hydrogen (secondary N) is 1. The number of nitrogens with two attached hydrogens (primary N) is 1. The lowest BCUT2D eigenvalue weighted by Gasteiger charge is -2.31. The minimum Gasteiger partial charge on any atom is -0.327 e. The Balaban J connectivity index is 1.77. The molecule has 2 aliphatic carbocycles. The molecule has 2 nitrogen and oxygen atoms in total. The molecular formula is C11H22N2. The van der Waals surface area contributed by atoms with Gasteiger partial charge in [-0.25, -0.2) is 0 Å². The van der Waals surface area contributed by atoms with Crippen molar-refractivity contribution in [3.8, 4) is 0 Å². The van der Waals surface area contributed by atoms with E-state index in [1.807, 2.05) is 0 Å². The molecule has 0 aromatic rings. The van der Waals surface area contributed by atoms with Gasteiger partial charge in [-0.1, -0.05) is 13.8 Å². The molecule has 0 heterocycles. The Labute approximate surface area is 81.3 Å². The van der Waals surface area contributed by atoms with E-state index >= 15 is 0 Å². The molecule has 1 unspecified atom stereocenters. The normalized spacial score (nSPS) is 44.3. The van der Waals surface area contributed by atoms with Crippen molar-refractivity contribution in [2.45, 2.75) is 64.1 Å². The molecule has 76 valence electrons. The van der Waals surface area contributed by atoms with Crippen LogP contribution in [0.1, 0.15) is 46.0 Å². The molecule has 3 N–H and O–H groups in total. The van der Waals surface area contributed by atoms with Gasteiger partial charge in [-0.05, 0) is 37.5 Å². The van der Waals surface area contributed by atoms with Crippen LogP contribution in [0.2, 0.25) is 0 Å². The van der Waals surface area contributed by atoms with Crippen LogP contribution in [0.4, 0.5) is 0 Å². The van der Waals surface area contributed by atoms with Crippen molar-refractivity contribution in [3.05, 3.63) is 0 Å². The SMILES string of the molecule is CC(C)NC1CCC2(CC1)CC2N. The van der Waals surface area contributed by atoms with E-state index in [9.17, 15) is 0 Å². The third-order valence-corrected chi connectivity index (χ3v) is 3.80. The third-order valence-electron chi connectivity index (χ3n) is 3.80. The van der Waals surface area contributed by atoms with Gasteiger partial charge >= 0.3 is 0 Å². The molecule has 0 aromatic heterocycles. The second-order valence-corrected chi connectivity index (χ2v) is 5.27. The Morgan fingerprint density at radius 3 is 2.23 bits per heavy atom. The first kappa shape index (κ1) is 9.47. The maximum atomic E-state index is 5.96. The van der Waals surface area contributed by atoms with Gasteiger partial charge < -0.3 is 11.1 Å². The molecule has 1 spiro atoms. The second kappa shape index (κ2) is 3.25. The molecule has 2 aliphatic rings. The van der Waals surface area contributed by atoms with Gasteiger partial charge in [0.25, 0.3) is 0 Å². The summed E-state index contributed by atoms with van der Waals surface area (Å²) in [6.45, 7) is 4.46. The van der Waals surface area contributed by atoms with E-state index in [0.717, 1.165) is 6.04 Å². The largest absolute Gasteiger partial charge is 0.327 e. The lowest BCUT2D eigenvalue weighted by molar-refractivity contribution is 0.258. The highest BCUT2D eigenvalue weighted by atomic mass is 14.9. The van der Waals surface area contributed by atoms with Crippen molar-refractivity contribution in [2.24, 2.45) is 11.1 Å². The first-order valence-electron chi connectivity index (χ1n) is 5.64. The Hall–Kier alpha value is -0.0800. The van der Waals surface area contributed by atoms with Crippen LogP contribution in [-0.2, 0) is 0 Å². The van der Waals surface area contributed by atoms with Crippen LogP contribution in [0, 0.1) is 5.41 Å². The van der Waals surface area contributed by atoms with Gasteiger partial charge in [0.15, 0.2) is 0 Å². The highest BCUT2D eigenvalue weighted by Crippen LogP contribution is 2.54. The quantitative estimate of drug-likeness (QED) is 0.681. The fourth-order valence-electron chi connectivity index (χ4n) is 2.78. The molecule has 2 rings (SSSR count). The predicted molar refractivity (Wildman–Crippen MR) is 55.6 cm³/mol. The molecule has 0 aliphatic heterocycles. The Bertz CT molecular complexity index is 181. The van der Waals surface area contributed by atoms with E-state index in [1.165, 1.54) is 32.1 Å². The zero-order valence-corrected chi connectivity index (χ0v) is 8.84. The topological polar surface area (TPSA) is 38.0 Å². The van der Waals surface area contributed by atoms with Crippen LogP contribution in [-0.4, -0.2) is 18.1 Å². The summed E-state index contributed by atoms with van der Waals surface area (Å²) in [6, 6.07) is 1.93. The second-order valence-electron chi connectivity index (χ2n) is 5.27. The van der Waals surface area contributed by atoms with Gasteiger partial charge in [0.1, 0.15) is 0 Å². The molecule has 2 fully saturated rings. The summed E-state index contributed by atoms with van der Waals surface area (Å²) in [5, 5.41) is 3.62. The van der Waals surface area contributed by atoms with Gasteiger partial charge in [0.05, 0.1) is 0 Å². The van der Waals surface area contributed by atoms with Crippen molar-refractivity contribution in [3.63, 3.8) is 0 Å². The Morgan fingerprint density at radius 1 is 1.31 bits per heavy atom.